The van der Waals surface area contributed by atoms with Crippen LogP contribution in [0.25, 0.3) is 10.9 Å². The van der Waals surface area contributed by atoms with Crippen molar-refractivity contribution in [2.24, 2.45) is 7.05 Å². The van der Waals surface area contributed by atoms with Crippen molar-refractivity contribution in [3.8, 4) is 6.07 Å². The number of carbonyl (C=O) groups excluding carboxylic acids is 1. The minimum absolute atomic E-state index is 0.102. The molecule has 23 heavy (non-hydrogen) atoms. The SMILES string of the molecule is Cn1cc(C(=O)CCc2ccc(C#N)cc2)c2cc(N)ccc21. The third kappa shape index (κ3) is 2.95. The van der Waals surface area contributed by atoms with E-state index in [0.29, 0.717) is 29.7 Å². The fraction of sp³-hybridized carbons (Fsp3) is 0.158. The summed E-state index contributed by atoms with van der Waals surface area (Å²) in [5.74, 6) is 0.102. The maximum absolute atomic E-state index is 12.6. The molecule has 3 rings (SSSR count). The van der Waals surface area contributed by atoms with Crippen LogP contribution >= 0.6 is 0 Å². The Morgan fingerprint density at radius 1 is 1.22 bits per heavy atom. The Labute approximate surface area is 134 Å². The molecule has 0 atom stereocenters. The van der Waals surface area contributed by atoms with Crippen molar-refractivity contribution in [3.63, 3.8) is 0 Å². The summed E-state index contributed by atoms with van der Waals surface area (Å²) in [6.45, 7) is 0. The van der Waals surface area contributed by atoms with Crippen LogP contribution in [0.4, 0.5) is 5.69 Å². The van der Waals surface area contributed by atoms with E-state index in [0.717, 1.165) is 16.5 Å². The molecule has 1 heterocycles. The van der Waals surface area contributed by atoms with Gasteiger partial charge in [0.15, 0.2) is 5.78 Å². The quantitative estimate of drug-likeness (QED) is 0.592. The second kappa shape index (κ2) is 5.98. The van der Waals surface area contributed by atoms with Gasteiger partial charge in [-0.1, -0.05) is 12.1 Å². The number of anilines is 1. The minimum Gasteiger partial charge on any atom is -0.399 e. The van der Waals surface area contributed by atoms with Gasteiger partial charge in [0.25, 0.3) is 0 Å². The van der Waals surface area contributed by atoms with Gasteiger partial charge in [0.05, 0.1) is 11.6 Å². The molecule has 0 spiro atoms. The molecule has 114 valence electrons. The number of ketones is 1. The molecular weight excluding hydrogens is 286 g/mol. The van der Waals surface area contributed by atoms with Crippen molar-refractivity contribution >= 4 is 22.4 Å². The van der Waals surface area contributed by atoms with Gasteiger partial charge in [0.2, 0.25) is 0 Å². The van der Waals surface area contributed by atoms with E-state index in [2.05, 4.69) is 6.07 Å². The van der Waals surface area contributed by atoms with Gasteiger partial charge in [-0.25, -0.2) is 0 Å². The molecule has 0 fully saturated rings. The predicted octanol–water partition coefficient (Wildman–Crippen LogP) is 3.45. The number of nitriles is 1. The number of aromatic nitrogens is 1. The molecule has 0 radical (unpaired) electrons. The zero-order valence-corrected chi connectivity index (χ0v) is 12.9. The molecule has 0 saturated carbocycles. The van der Waals surface area contributed by atoms with Crippen LogP contribution in [-0.2, 0) is 13.5 Å². The Bertz CT molecular complexity index is 914. The lowest BCUT2D eigenvalue weighted by molar-refractivity contribution is 0.0984. The fourth-order valence-corrected chi connectivity index (χ4v) is 2.77. The first-order chi connectivity index (χ1) is 11.1. The largest absolute Gasteiger partial charge is 0.399 e. The Morgan fingerprint density at radius 2 is 1.96 bits per heavy atom. The summed E-state index contributed by atoms with van der Waals surface area (Å²) in [7, 11) is 1.93. The van der Waals surface area contributed by atoms with Crippen LogP contribution in [0.3, 0.4) is 0 Å². The second-order valence-corrected chi connectivity index (χ2v) is 5.66. The summed E-state index contributed by atoms with van der Waals surface area (Å²) in [6.07, 6.45) is 2.95. The number of benzene rings is 2. The van der Waals surface area contributed by atoms with E-state index in [1.807, 2.05) is 48.1 Å². The van der Waals surface area contributed by atoms with Gasteiger partial charge in [0.1, 0.15) is 0 Å². The fourth-order valence-electron chi connectivity index (χ4n) is 2.77. The van der Waals surface area contributed by atoms with Gasteiger partial charge in [0, 0.05) is 41.8 Å². The van der Waals surface area contributed by atoms with Crippen molar-refractivity contribution in [2.45, 2.75) is 12.8 Å². The Morgan fingerprint density at radius 3 is 2.65 bits per heavy atom. The average molecular weight is 303 g/mol. The van der Waals surface area contributed by atoms with Gasteiger partial charge in [-0.2, -0.15) is 5.26 Å². The molecule has 0 amide bonds. The highest BCUT2D eigenvalue weighted by Gasteiger charge is 2.14. The van der Waals surface area contributed by atoms with E-state index >= 15 is 0 Å². The van der Waals surface area contributed by atoms with Crippen LogP contribution in [0.15, 0.2) is 48.7 Å². The number of aryl methyl sites for hydroxylation is 2. The van der Waals surface area contributed by atoms with E-state index in [-0.39, 0.29) is 5.78 Å². The van der Waals surface area contributed by atoms with Gasteiger partial charge in [-0.15, -0.1) is 0 Å². The monoisotopic (exact) mass is 303 g/mol. The standard InChI is InChI=1S/C19H17N3O/c1-22-12-17(16-10-15(21)7-8-18(16)22)19(23)9-6-13-2-4-14(11-20)5-3-13/h2-5,7-8,10,12H,6,9,21H2,1H3. The van der Waals surface area contributed by atoms with Crippen LogP contribution in [0.2, 0.25) is 0 Å². The van der Waals surface area contributed by atoms with Crippen LogP contribution in [0.1, 0.15) is 27.9 Å². The third-order valence-electron chi connectivity index (χ3n) is 4.04. The highest BCUT2D eigenvalue weighted by molar-refractivity contribution is 6.08. The lowest BCUT2D eigenvalue weighted by Gasteiger charge is -2.02. The lowest BCUT2D eigenvalue weighted by atomic mass is 10.0. The number of hydrogen-bond donors (Lipinski definition) is 1. The second-order valence-electron chi connectivity index (χ2n) is 5.66. The Hall–Kier alpha value is -3.06. The summed E-state index contributed by atoms with van der Waals surface area (Å²) in [5.41, 5.74) is 9.90. The highest BCUT2D eigenvalue weighted by atomic mass is 16.1. The van der Waals surface area contributed by atoms with Crippen LogP contribution in [0.5, 0.6) is 0 Å². The molecule has 0 saturated heterocycles. The molecule has 0 aliphatic rings. The number of fused-ring (bicyclic) bond motifs is 1. The van der Waals surface area contributed by atoms with E-state index in [1.165, 1.54) is 0 Å². The predicted molar refractivity (Wildman–Crippen MR) is 91.1 cm³/mol. The van der Waals surface area contributed by atoms with Gasteiger partial charge in [-0.05, 0) is 42.3 Å². The molecule has 1 aromatic heterocycles. The zero-order valence-electron chi connectivity index (χ0n) is 12.9. The number of hydrogen-bond acceptors (Lipinski definition) is 3. The summed E-state index contributed by atoms with van der Waals surface area (Å²) in [6, 6.07) is 15.1. The number of nitrogen functional groups attached to an aromatic ring is 1. The molecule has 4 nitrogen and oxygen atoms in total. The first-order valence-electron chi connectivity index (χ1n) is 7.45. The average Bonchev–Trinajstić information content (AvgIpc) is 2.89. The lowest BCUT2D eigenvalue weighted by Crippen LogP contribution is -2.01. The molecular formula is C19H17N3O. The molecule has 0 aliphatic carbocycles. The first-order valence-corrected chi connectivity index (χ1v) is 7.45. The van der Waals surface area contributed by atoms with Crippen molar-refractivity contribution in [2.75, 3.05) is 5.73 Å². The van der Waals surface area contributed by atoms with Crippen molar-refractivity contribution in [1.82, 2.24) is 4.57 Å². The number of rotatable bonds is 4. The normalized spacial score (nSPS) is 10.6. The number of nitrogens with two attached hydrogens (primary N) is 1. The molecule has 3 aromatic rings. The van der Waals surface area contributed by atoms with E-state index in [4.69, 9.17) is 11.0 Å². The Balaban J connectivity index is 1.80. The third-order valence-corrected chi connectivity index (χ3v) is 4.04. The van der Waals surface area contributed by atoms with Gasteiger partial charge < -0.3 is 10.3 Å². The maximum atomic E-state index is 12.6. The van der Waals surface area contributed by atoms with Crippen molar-refractivity contribution in [3.05, 3.63) is 65.4 Å². The molecule has 4 heteroatoms. The highest BCUT2D eigenvalue weighted by Crippen LogP contribution is 2.24. The van der Waals surface area contributed by atoms with E-state index < -0.39 is 0 Å². The summed E-state index contributed by atoms with van der Waals surface area (Å²) in [5, 5.41) is 9.70. The molecule has 2 N–H and O–H groups in total. The van der Waals surface area contributed by atoms with Crippen LogP contribution in [-0.4, -0.2) is 10.4 Å². The van der Waals surface area contributed by atoms with Crippen molar-refractivity contribution < 1.29 is 4.79 Å². The summed E-state index contributed by atoms with van der Waals surface area (Å²) >= 11 is 0. The summed E-state index contributed by atoms with van der Waals surface area (Å²) < 4.78 is 1.95. The van der Waals surface area contributed by atoms with Gasteiger partial charge >= 0.3 is 0 Å². The minimum atomic E-state index is 0.102. The van der Waals surface area contributed by atoms with E-state index in [1.54, 1.807) is 12.1 Å². The molecule has 0 aliphatic heterocycles. The molecule has 2 aromatic carbocycles. The zero-order chi connectivity index (χ0) is 16.4. The van der Waals surface area contributed by atoms with E-state index in [9.17, 15) is 4.79 Å². The van der Waals surface area contributed by atoms with Crippen LogP contribution < -0.4 is 5.73 Å². The maximum Gasteiger partial charge on any atom is 0.165 e. The number of Topliss-reactive ketones (excluding diaryl/α,β-unsaturated/α-hetero) is 1. The Kier molecular flexibility index (Phi) is 3.86. The number of carbonyl (C=O) groups is 1. The van der Waals surface area contributed by atoms with Gasteiger partial charge in [-0.3, -0.25) is 4.79 Å². The van der Waals surface area contributed by atoms with Crippen LogP contribution in [0, 0.1) is 11.3 Å². The molecule has 0 bridgehead atoms. The summed E-state index contributed by atoms with van der Waals surface area (Å²) in [4.78, 5) is 12.6. The first kappa shape index (κ1) is 14.9. The molecule has 0 unspecified atom stereocenters. The van der Waals surface area contributed by atoms with Crippen molar-refractivity contribution in [1.29, 1.82) is 5.26 Å². The smallest absolute Gasteiger partial charge is 0.165 e. The number of nitrogens with zero attached hydrogens (tertiary/aromatic N) is 2. The topological polar surface area (TPSA) is 71.8 Å².